The first-order chi connectivity index (χ1) is 7.00. The van der Waals surface area contributed by atoms with E-state index in [-0.39, 0.29) is 0 Å². The lowest BCUT2D eigenvalue weighted by atomic mass is 10.2. The second kappa shape index (κ2) is 5.47. The third kappa shape index (κ3) is 3.80. The number of rotatable bonds is 3. The van der Waals surface area contributed by atoms with E-state index in [0.717, 1.165) is 26.2 Å². The highest BCUT2D eigenvalue weighted by Crippen LogP contribution is 2.08. The Balaban J connectivity index is 2.34. The van der Waals surface area contributed by atoms with Gasteiger partial charge in [0.25, 0.3) is 0 Å². The van der Waals surface area contributed by atoms with Gasteiger partial charge in [0.05, 0.1) is 0 Å². The Bertz CT molecular complexity index is 218. The van der Waals surface area contributed by atoms with Crippen LogP contribution in [0.2, 0.25) is 0 Å². The molecule has 0 aromatic heterocycles. The van der Waals surface area contributed by atoms with E-state index in [0.29, 0.717) is 18.4 Å². The molecule has 1 atom stereocenters. The molecule has 1 amide bonds. The lowest BCUT2D eigenvalue weighted by Gasteiger charge is -2.37. The van der Waals surface area contributed by atoms with Crippen molar-refractivity contribution in [3.05, 3.63) is 0 Å². The van der Waals surface area contributed by atoms with E-state index >= 15 is 0 Å². The van der Waals surface area contributed by atoms with Gasteiger partial charge in [-0.05, 0) is 28.1 Å². The zero-order valence-electron chi connectivity index (χ0n) is 10.4. The SMILES string of the molecule is C[C@H]1CN(C(=O)CCN(C)C)CCN1C. The molecule has 1 heterocycles. The van der Waals surface area contributed by atoms with Crippen molar-refractivity contribution in [3.63, 3.8) is 0 Å². The minimum atomic E-state index is 0.295. The number of piperazine rings is 1. The van der Waals surface area contributed by atoms with Crippen molar-refractivity contribution < 1.29 is 4.79 Å². The average molecular weight is 213 g/mol. The van der Waals surface area contributed by atoms with Crippen LogP contribution in [0.3, 0.4) is 0 Å². The maximum absolute atomic E-state index is 11.8. The number of amides is 1. The molecule has 1 rings (SSSR count). The molecule has 88 valence electrons. The van der Waals surface area contributed by atoms with Crippen LogP contribution < -0.4 is 0 Å². The van der Waals surface area contributed by atoms with Crippen molar-refractivity contribution in [1.82, 2.24) is 14.7 Å². The first-order valence-corrected chi connectivity index (χ1v) is 5.63. The van der Waals surface area contributed by atoms with E-state index in [1.165, 1.54) is 0 Å². The molecular weight excluding hydrogens is 190 g/mol. The van der Waals surface area contributed by atoms with Crippen LogP contribution in [0, 0.1) is 0 Å². The monoisotopic (exact) mass is 213 g/mol. The van der Waals surface area contributed by atoms with Crippen LogP contribution >= 0.6 is 0 Å². The third-order valence-electron chi connectivity index (χ3n) is 3.09. The van der Waals surface area contributed by atoms with Crippen LogP contribution in [0.25, 0.3) is 0 Å². The molecule has 4 heteroatoms. The van der Waals surface area contributed by atoms with Crippen molar-refractivity contribution in [2.24, 2.45) is 0 Å². The Morgan fingerprint density at radius 3 is 2.60 bits per heavy atom. The van der Waals surface area contributed by atoms with Crippen molar-refractivity contribution in [2.45, 2.75) is 19.4 Å². The van der Waals surface area contributed by atoms with Gasteiger partial charge in [-0.2, -0.15) is 0 Å². The van der Waals surface area contributed by atoms with E-state index in [2.05, 4.69) is 23.8 Å². The van der Waals surface area contributed by atoms with E-state index in [1.807, 2.05) is 19.0 Å². The van der Waals surface area contributed by atoms with Crippen molar-refractivity contribution in [3.8, 4) is 0 Å². The zero-order chi connectivity index (χ0) is 11.4. The van der Waals surface area contributed by atoms with Gasteiger partial charge >= 0.3 is 0 Å². The number of carbonyl (C=O) groups is 1. The molecule has 15 heavy (non-hydrogen) atoms. The molecule has 0 unspecified atom stereocenters. The van der Waals surface area contributed by atoms with Crippen molar-refractivity contribution in [2.75, 3.05) is 47.3 Å². The Hall–Kier alpha value is -0.610. The molecule has 0 N–H and O–H groups in total. The number of hydrogen-bond acceptors (Lipinski definition) is 3. The third-order valence-corrected chi connectivity index (χ3v) is 3.09. The normalized spacial score (nSPS) is 23.5. The van der Waals surface area contributed by atoms with E-state index < -0.39 is 0 Å². The van der Waals surface area contributed by atoms with E-state index in [1.54, 1.807) is 0 Å². The molecule has 4 nitrogen and oxygen atoms in total. The van der Waals surface area contributed by atoms with Crippen LogP contribution in [0.15, 0.2) is 0 Å². The Morgan fingerprint density at radius 1 is 1.40 bits per heavy atom. The molecule has 1 saturated heterocycles. The lowest BCUT2D eigenvalue weighted by molar-refractivity contribution is -0.134. The first kappa shape index (κ1) is 12.5. The molecule has 1 aliphatic heterocycles. The Labute approximate surface area is 92.8 Å². The predicted octanol–water partition coefficient (Wildman–Crippen LogP) is 0.101. The Morgan fingerprint density at radius 2 is 2.07 bits per heavy atom. The van der Waals surface area contributed by atoms with E-state index in [4.69, 9.17) is 0 Å². The van der Waals surface area contributed by atoms with Crippen LogP contribution in [0.1, 0.15) is 13.3 Å². The fraction of sp³-hybridized carbons (Fsp3) is 0.909. The molecule has 0 radical (unpaired) electrons. The zero-order valence-corrected chi connectivity index (χ0v) is 10.4. The summed E-state index contributed by atoms with van der Waals surface area (Å²) in [5.74, 6) is 0.295. The predicted molar refractivity (Wildman–Crippen MR) is 61.8 cm³/mol. The summed E-state index contributed by atoms with van der Waals surface area (Å²) in [6.45, 7) is 5.77. The van der Waals surface area contributed by atoms with Gasteiger partial charge in [-0.1, -0.05) is 0 Å². The van der Waals surface area contributed by atoms with E-state index in [9.17, 15) is 4.79 Å². The summed E-state index contributed by atoms with van der Waals surface area (Å²) >= 11 is 0. The second-order valence-electron chi connectivity index (χ2n) is 4.72. The highest BCUT2D eigenvalue weighted by atomic mass is 16.2. The number of hydrogen-bond donors (Lipinski definition) is 0. The summed E-state index contributed by atoms with van der Waals surface area (Å²) in [6.07, 6.45) is 0.642. The fourth-order valence-corrected chi connectivity index (χ4v) is 1.75. The van der Waals surface area contributed by atoms with Gasteiger partial charge in [-0.25, -0.2) is 0 Å². The average Bonchev–Trinajstić information content (AvgIpc) is 2.18. The molecule has 0 aliphatic carbocycles. The summed E-state index contributed by atoms with van der Waals surface area (Å²) < 4.78 is 0. The maximum atomic E-state index is 11.8. The van der Waals surface area contributed by atoms with Crippen LogP contribution in [0.5, 0.6) is 0 Å². The van der Waals surface area contributed by atoms with Gasteiger partial charge in [-0.3, -0.25) is 4.79 Å². The summed E-state index contributed by atoms with van der Waals surface area (Å²) in [6, 6.07) is 0.488. The van der Waals surface area contributed by atoms with Gasteiger partial charge in [0.1, 0.15) is 0 Å². The smallest absolute Gasteiger partial charge is 0.223 e. The van der Waals surface area contributed by atoms with Gasteiger partial charge in [-0.15, -0.1) is 0 Å². The molecule has 1 aliphatic rings. The van der Waals surface area contributed by atoms with Crippen molar-refractivity contribution >= 4 is 5.91 Å². The standard InChI is InChI=1S/C11H23N3O/c1-10-9-14(8-7-13(10)4)11(15)5-6-12(2)3/h10H,5-9H2,1-4H3/t10-/m0/s1. The number of nitrogens with zero attached hydrogens (tertiary/aromatic N) is 3. The van der Waals surface area contributed by atoms with Gasteiger partial charge in [0, 0.05) is 38.6 Å². The van der Waals surface area contributed by atoms with Gasteiger partial charge in [0.15, 0.2) is 0 Å². The lowest BCUT2D eigenvalue weighted by Crippen LogP contribution is -2.52. The van der Waals surface area contributed by atoms with Crippen LogP contribution in [-0.4, -0.2) is 74.0 Å². The number of likely N-dealkylation sites (N-methyl/N-ethyl adjacent to an activating group) is 1. The highest BCUT2D eigenvalue weighted by Gasteiger charge is 2.23. The van der Waals surface area contributed by atoms with Gasteiger partial charge < -0.3 is 14.7 Å². The molecule has 0 spiro atoms. The summed E-state index contributed by atoms with van der Waals surface area (Å²) in [5, 5.41) is 0. The largest absolute Gasteiger partial charge is 0.340 e. The van der Waals surface area contributed by atoms with Gasteiger partial charge in [0.2, 0.25) is 5.91 Å². The molecular formula is C11H23N3O. The summed E-state index contributed by atoms with van der Waals surface area (Å²) in [4.78, 5) is 18.2. The molecule has 0 saturated carbocycles. The maximum Gasteiger partial charge on any atom is 0.223 e. The first-order valence-electron chi connectivity index (χ1n) is 5.63. The quantitative estimate of drug-likeness (QED) is 0.665. The summed E-state index contributed by atoms with van der Waals surface area (Å²) in [7, 11) is 6.12. The molecule has 0 bridgehead atoms. The van der Waals surface area contributed by atoms with Crippen LogP contribution in [-0.2, 0) is 4.79 Å². The minimum absolute atomic E-state index is 0.295. The molecule has 0 aromatic rings. The number of carbonyl (C=O) groups excluding carboxylic acids is 1. The summed E-state index contributed by atoms with van der Waals surface area (Å²) in [5.41, 5.74) is 0. The molecule has 0 aromatic carbocycles. The molecule has 1 fully saturated rings. The fourth-order valence-electron chi connectivity index (χ4n) is 1.75. The Kier molecular flexibility index (Phi) is 4.54. The second-order valence-corrected chi connectivity index (χ2v) is 4.72. The topological polar surface area (TPSA) is 26.8 Å². The minimum Gasteiger partial charge on any atom is -0.340 e. The van der Waals surface area contributed by atoms with Crippen LogP contribution in [0.4, 0.5) is 0 Å². The van der Waals surface area contributed by atoms with Crippen molar-refractivity contribution in [1.29, 1.82) is 0 Å². The highest BCUT2D eigenvalue weighted by molar-refractivity contribution is 5.76.